The van der Waals surface area contributed by atoms with E-state index < -0.39 is 0 Å². The van der Waals surface area contributed by atoms with Crippen molar-refractivity contribution >= 4 is 5.69 Å². The van der Waals surface area contributed by atoms with E-state index in [2.05, 4.69) is 32.2 Å². The Morgan fingerprint density at radius 2 is 2.23 bits per heavy atom. The third-order valence-electron chi connectivity index (χ3n) is 4.59. The van der Waals surface area contributed by atoms with Crippen LogP contribution >= 0.6 is 0 Å². The van der Waals surface area contributed by atoms with Crippen LogP contribution in [0.15, 0.2) is 18.3 Å². The van der Waals surface area contributed by atoms with Gasteiger partial charge in [-0.05, 0) is 31.9 Å². The van der Waals surface area contributed by atoms with Gasteiger partial charge in [0.15, 0.2) is 5.82 Å². The highest BCUT2D eigenvalue weighted by molar-refractivity contribution is 5.49. The molecule has 2 aromatic rings. The van der Waals surface area contributed by atoms with Crippen LogP contribution in [0.2, 0.25) is 0 Å². The number of H-pyrrole nitrogens is 1. The minimum absolute atomic E-state index is 0.187. The highest BCUT2D eigenvalue weighted by atomic mass is 16.5. The van der Waals surface area contributed by atoms with E-state index in [0.717, 1.165) is 30.3 Å². The second-order valence-corrected chi connectivity index (χ2v) is 6.27. The zero-order valence-corrected chi connectivity index (χ0v) is 13.0. The van der Waals surface area contributed by atoms with Crippen LogP contribution in [0.4, 0.5) is 5.69 Å². The SMILES string of the molecule is CO[C@@H]1C[C@@H](c2nc(C3CC3)n[nH]2)N(c2ccnc(C)c2)C1. The number of hydrogen-bond donors (Lipinski definition) is 1. The summed E-state index contributed by atoms with van der Waals surface area (Å²) in [5.41, 5.74) is 2.19. The molecular formula is C16H21N5O. The molecule has 116 valence electrons. The van der Waals surface area contributed by atoms with Gasteiger partial charge < -0.3 is 9.64 Å². The molecule has 1 N–H and O–H groups in total. The number of aromatic nitrogens is 4. The first-order valence-corrected chi connectivity index (χ1v) is 7.89. The van der Waals surface area contributed by atoms with Crippen molar-refractivity contribution in [1.29, 1.82) is 0 Å². The molecule has 2 aromatic heterocycles. The van der Waals surface area contributed by atoms with Crippen molar-refractivity contribution in [3.8, 4) is 0 Å². The lowest BCUT2D eigenvalue weighted by molar-refractivity contribution is 0.118. The smallest absolute Gasteiger partial charge is 0.153 e. The van der Waals surface area contributed by atoms with Gasteiger partial charge in [0.1, 0.15) is 5.82 Å². The Bertz CT molecular complexity index is 666. The maximum absolute atomic E-state index is 5.59. The average Bonchev–Trinajstić information content (AvgIpc) is 3.11. The first kappa shape index (κ1) is 13.7. The van der Waals surface area contributed by atoms with Gasteiger partial charge in [-0.25, -0.2) is 4.98 Å². The number of aryl methyl sites for hydroxylation is 1. The predicted molar refractivity (Wildman–Crippen MR) is 82.8 cm³/mol. The van der Waals surface area contributed by atoms with Gasteiger partial charge in [0.05, 0.1) is 12.1 Å². The lowest BCUT2D eigenvalue weighted by atomic mass is 10.2. The van der Waals surface area contributed by atoms with Crippen LogP contribution in [0.5, 0.6) is 0 Å². The lowest BCUT2D eigenvalue weighted by Crippen LogP contribution is -2.25. The van der Waals surface area contributed by atoms with Crippen LogP contribution in [0.25, 0.3) is 0 Å². The molecule has 0 amide bonds. The highest BCUT2D eigenvalue weighted by Crippen LogP contribution is 2.40. The van der Waals surface area contributed by atoms with E-state index in [1.165, 1.54) is 18.5 Å². The van der Waals surface area contributed by atoms with Gasteiger partial charge in [-0.1, -0.05) is 0 Å². The Balaban J connectivity index is 1.64. The molecule has 2 atom stereocenters. The number of nitrogens with one attached hydrogen (secondary N) is 1. The maximum Gasteiger partial charge on any atom is 0.153 e. The monoisotopic (exact) mass is 299 g/mol. The van der Waals surface area contributed by atoms with Crippen LogP contribution in [0, 0.1) is 6.92 Å². The van der Waals surface area contributed by atoms with E-state index in [-0.39, 0.29) is 12.1 Å². The molecule has 2 fully saturated rings. The molecule has 2 aliphatic rings. The number of nitrogens with zero attached hydrogens (tertiary/aromatic N) is 4. The van der Waals surface area contributed by atoms with Crippen molar-refractivity contribution in [3.63, 3.8) is 0 Å². The molecular weight excluding hydrogens is 278 g/mol. The number of pyridine rings is 1. The minimum Gasteiger partial charge on any atom is -0.380 e. The molecule has 1 saturated heterocycles. The number of hydrogen-bond acceptors (Lipinski definition) is 5. The summed E-state index contributed by atoms with van der Waals surface area (Å²) < 4.78 is 5.59. The van der Waals surface area contributed by atoms with Gasteiger partial charge in [0.25, 0.3) is 0 Å². The van der Waals surface area contributed by atoms with Crippen molar-refractivity contribution in [2.45, 2.75) is 44.2 Å². The summed E-state index contributed by atoms with van der Waals surface area (Å²) in [5.74, 6) is 2.50. The first-order valence-electron chi connectivity index (χ1n) is 7.89. The number of aromatic amines is 1. The first-order chi connectivity index (χ1) is 10.7. The molecule has 1 aliphatic carbocycles. The Morgan fingerprint density at radius 3 is 2.95 bits per heavy atom. The van der Waals surface area contributed by atoms with E-state index in [4.69, 9.17) is 9.72 Å². The largest absolute Gasteiger partial charge is 0.380 e. The topological polar surface area (TPSA) is 66.9 Å². The summed E-state index contributed by atoms with van der Waals surface area (Å²) in [6, 6.07) is 4.35. The van der Waals surface area contributed by atoms with Gasteiger partial charge in [0.2, 0.25) is 0 Å². The Kier molecular flexibility index (Phi) is 3.33. The molecule has 0 bridgehead atoms. The average molecular weight is 299 g/mol. The van der Waals surface area contributed by atoms with Gasteiger partial charge in [0, 0.05) is 43.6 Å². The van der Waals surface area contributed by atoms with Gasteiger partial charge in [-0.3, -0.25) is 10.1 Å². The van der Waals surface area contributed by atoms with Crippen LogP contribution in [-0.4, -0.2) is 39.9 Å². The molecule has 0 spiro atoms. The van der Waals surface area contributed by atoms with Crippen molar-refractivity contribution in [2.24, 2.45) is 0 Å². The molecule has 0 unspecified atom stereocenters. The minimum atomic E-state index is 0.187. The van der Waals surface area contributed by atoms with E-state index in [0.29, 0.717) is 5.92 Å². The number of ether oxygens (including phenoxy) is 1. The molecule has 3 heterocycles. The fourth-order valence-electron chi connectivity index (χ4n) is 3.18. The standard InChI is InChI=1S/C16H21N5O/c1-10-7-12(5-6-17-10)21-9-13(22-2)8-14(21)16-18-15(19-20-16)11-3-4-11/h5-7,11,13-14H,3-4,8-9H2,1-2H3,(H,18,19,20)/t13-,14+/m1/s1. The third kappa shape index (κ3) is 2.47. The Morgan fingerprint density at radius 1 is 1.36 bits per heavy atom. The van der Waals surface area contributed by atoms with Crippen LogP contribution < -0.4 is 4.90 Å². The summed E-state index contributed by atoms with van der Waals surface area (Å²) in [7, 11) is 1.78. The van der Waals surface area contributed by atoms with E-state index in [1.54, 1.807) is 7.11 Å². The van der Waals surface area contributed by atoms with Gasteiger partial charge >= 0.3 is 0 Å². The summed E-state index contributed by atoms with van der Waals surface area (Å²) in [4.78, 5) is 11.4. The Labute approximate surface area is 129 Å². The molecule has 22 heavy (non-hydrogen) atoms. The molecule has 1 saturated carbocycles. The molecule has 6 nitrogen and oxygen atoms in total. The fourth-order valence-corrected chi connectivity index (χ4v) is 3.18. The quantitative estimate of drug-likeness (QED) is 0.938. The van der Waals surface area contributed by atoms with Crippen molar-refractivity contribution in [3.05, 3.63) is 35.7 Å². The molecule has 6 heteroatoms. The number of methoxy groups -OCH3 is 1. The third-order valence-corrected chi connectivity index (χ3v) is 4.59. The summed E-state index contributed by atoms with van der Waals surface area (Å²) >= 11 is 0. The van der Waals surface area contributed by atoms with Gasteiger partial charge in [-0.2, -0.15) is 5.10 Å². The fraction of sp³-hybridized carbons (Fsp3) is 0.562. The lowest BCUT2D eigenvalue weighted by Gasteiger charge is -2.25. The summed E-state index contributed by atoms with van der Waals surface area (Å²) in [6.45, 7) is 2.88. The van der Waals surface area contributed by atoms with Crippen molar-refractivity contribution in [1.82, 2.24) is 20.2 Å². The van der Waals surface area contributed by atoms with Crippen molar-refractivity contribution in [2.75, 3.05) is 18.6 Å². The summed E-state index contributed by atoms with van der Waals surface area (Å²) in [6.07, 6.45) is 5.44. The van der Waals surface area contributed by atoms with Crippen LogP contribution in [-0.2, 0) is 4.74 Å². The molecule has 0 aromatic carbocycles. The predicted octanol–water partition coefficient (Wildman–Crippen LogP) is 2.35. The summed E-state index contributed by atoms with van der Waals surface area (Å²) in [5, 5.41) is 7.56. The second-order valence-electron chi connectivity index (χ2n) is 6.27. The van der Waals surface area contributed by atoms with E-state index >= 15 is 0 Å². The van der Waals surface area contributed by atoms with Gasteiger partial charge in [-0.15, -0.1) is 0 Å². The molecule has 4 rings (SSSR count). The Hall–Kier alpha value is -1.95. The maximum atomic E-state index is 5.59. The zero-order valence-electron chi connectivity index (χ0n) is 13.0. The molecule has 1 aliphatic heterocycles. The van der Waals surface area contributed by atoms with Crippen LogP contribution in [0.1, 0.15) is 48.6 Å². The number of anilines is 1. The van der Waals surface area contributed by atoms with E-state index in [9.17, 15) is 0 Å². The molecule has 0 radical (unpaired) electrons. The van der Waals surface area contributed by atoms with Crippen molar-refractivity contribution < 1.29 is 4.74 Å². The van der Waals surface area contributed by atoms with E-state index in [1.807, 2.05) is 13.1 Å². The number of rotatable bonds is 4. The zero-order chi connectivity index (χ0) is 15.1. The second kappa shape index (κ2) is 5.35. The highest BCUT2D eigenvalue weighted by Gasteiger charge is 2.37. The normalized spacial score (nSPS) is 24.9. The van der Waals surface area contributed by atoms with Crippen LogP contribution in [0.3, 0.4) is 0 Å².